The van der Waals surface area contributed by atoms with E-state index in [9.17, 15) is 4.79 Å². The van der Waals surface area contributed by atoms with Crippen LogP contribution in [0.3, 0.4) is 0 Å². The van der Waals surface area contributed by atoms with Crippen molar-refractivity contribution in [3.63, 3.8) is 0 Å². The Bertz CT molecular complexity index is 545. The van der Waals surface area contributed by atoms with Gasteiger partial charge in [0.25, 0.3) is 5.91 Å². The number of amides is 1. The number of nitrogens with one attached hydrogen (secondary N) is 2. The van der Waals surface area contributed by atoms with Crippen molar-refractivity contribution < 1.29 is 4.79 Å². The summed E-state index contributed by atoms with van der Waals surface area (Å²) in [5, 5.41) is 9.20. The van der Waals surface area contributed by atoms with Crippen molar-refractivity contribution >= 4 is 11.9 Å². The number of anilines is 1. The predicted molar refractivity (Wildman–Crippen MR) is 74.1 cm³/mol. The Morgan fingerprint density at radius 1 is 1.32 bits per heavy atom. The smallest absolute Gasteiger partial charge is 0.258 e. The fraction of sp³-hybridized carbons (Fsp3) is 0.357. The molecule has 0 aliphatic rings. The van der Waals surface area contributed by atoms with Gasteiger partial charge in [0.05, 0.1) is 0 Å². The minimum Gasteiger partial charge on any atom is -0.289 e. The standard InChI is InChI=1S/C14H18N4O/c1-3-4-5-11-6-8-12(9-7-11)13(19)16-14-15-10(2)17-18-14/h6-9H,3-5H2,1-2H3,(H2,15,16,17,18,19). The van der Waals surface area contributed by atoms with Gasteiger partial charge in [-0.2, -0.15) is 4.98 Å². The highest BCUT2D eigenvalue weighted by atomic mass is 16.1. The third-order valence-corrected chi connectivity index (χ3v) is 2.86. The van der Waals surface area contributed by atoms with E-state index in [1.165, 1.54) is 18.4 Å². The van der Waals surface area contributed by atoms with Gasteiger partial charge in [0.2, 0.25) is 5.95 Å². The molecule has 1 aromatic carbocycles. The van der Waals surface area contributed by atoms with Gasteiger partial charge in [0.1, 0.15) is 5.82 Å². The lowest BCUT2D eigenvalue weighted by Crippen LogP contribution is -2.13. The van der Waals surface area contributed by atoms with Crippen LogP contribution in [0.15, 0.2) is 24.3 Å². The summed E-state index contributed by atoms with van der Waals surface area (Å²) in [5.74, 6) is 0.781. The zero-order chi connectivity index (χ0) is 13.7. The van der Waals surface area contributed by atoms with Gasteiger partial charge in [-0.05, 0) is 37.5 Å². The number of aromatic nitrogens is 3. The Labute approximate surface area is 112 Å². The quantitative estimate of drug-likeness (QED) is 0.866. The molecule has 0 atom stereocenters. The molecular weight excluding hydrogens is 240 g/mol. The van der Waals surface area contributed by atoms with Crippen LogP contribution in [0.2, 0.25) is 0 Å². The third-order valence-electron chi connectivity index (χ3n) is 2.86. The van der Waals surface area contributed by atoms with Crippen LogP contribution in [0, 0.1) is 6.92 Å². The zero-order valence-electron chi connectivity index (χ0n) is 11.2. The maximum Gasteiger partial charge on any atom is 0.258 e. The number of nitrogens with zero attached hydrogens (tertiary/aromatic N) is 2. The second-order valence-corrected chi connectivity index (χ2v) is 4.50. The van der Waals surface area contributed by atoms with E-state index in [1.807, 2.05) is 24.3 Å². The van der Waals surface area contributed by atoms with Crippen LogP contribution in [0.1, 0.15) is 41.5 Å². The molecule has 0 saturated carbocycles. The topological polar surface area (TPSA) is 70.7 Å². The number of rotatable bonds is 5. The SMILES string of the molecule is CCCCc1ccc(C(=O)Nc2n[nH]c(C)n2)cc1. The second kappa shape index (κ2) is 6.13. The van der Waals surface area contributed by atoms with E-state index in [0.717, 1.165) is 6.42 Å². The molecule has 0 aliphatic heterocycles. The number of hydrogen-bond donors (Lipinski definition) is 2. The first-order valence-electron chi connectivity index (χ1n) is 6.48. The molecular formula is C14H18N4O. The van der Waals surface area contributed by atoms with Crippen molar-refractivity contribution in [2.75, 3.05) is 5.32 Å². The molecule has 1 amide bonds. The molecule has 19 heavy (non-hydrogen) atoms. The molecule has 1 heterocycles. The molecule has 0 aliphatic carbocycles. The number of carbonyl (C=O) groups excluding carboxylic acids is 1. The molecule has 2 rings (SSSR count). The van der Waals surface area contributed by atoms with Gasteiger partial charge in [-0.1, -0.05) is 25.5 Å². The fourth-order valence-electron chi connectivity index (χ4n) is 1.78. The van der Waals surface area contributed by atoms with Crippen molar-refractivity contribution in [1.29, 1.82) is 0 Å². The Morgan fingerprint density at radius 2 is 2.05 bits per heavy atom. The van der Waals surface area contributed by atoms with E-state index in [1.54, 1.807) is 6.92 Å². The molecule has 1 aromatic heterocycles. The maximum atomic E-state index is 11.9. The number of aromatic amines is 1. The average Bonchev–Trinajstić information content (AvgIpc) is 2.82. The third kappa shape index (κ3) is 3.64. The van der Waals surface area contributed by atoms with E-state index >= 15 is 0 Å². The van der Waals surface area contributed by atoms with E-state index in [4.69, 9.17) is 0 Å². The van der Waals surface area contributed by atoms with Crippen LogP contribution in [0.5, 0.6) is 0 Å². The van der Waals surface area contributed by atoms with Gasteiger partial charge >= 0.3 is 0 Å². The summed E-state index contributed by atoms with van der Waals surface area (Å²) in [6, 6.07) is 7.65. The van der Waals surface area contributed by atoms with E-state index in [-0.39, 0.29) is 5.91 Å². The summed E-state index contributed by atoms with van der Waals surface area (Å²) in [7, 11) is 0. The molecule has 0 unspecified atom stereocenters. The van der Waals surface area contributed by atoms with E-state index in [2.05, 4.69) is 27.4 Å². The summed E-state index contributed by atoms with van der Waals surface area (Å²) < 4.78 is 0. The number of unbranched alkanes of at least 4 members (excludes halogenated alkanes) is 1. The van der Waals surface area contributed by atoms with Crippen molar-refractivity contribution in [3.8, 4) is 0 Å². The van der Waals surface area contributed by atoms with Gasteiger partial charge < -0.3 is 0 Å². The van der Waals surface area contributed by atoms with Gasteiger partial charge in [0, 0.05) is 5.56 Å². The molecule has 5 nitrogen and oxygen atoms in total. The van der Waals surface area contributed by atoms with Gasteiger partial charge in [-0.15, -0.1) is 5.10 Å². The number of carbonyl (C=O) groups is 1. The molecule has 0 bridgehead atoms. The first-order chi connectivity index (χ1) is 9.19. The molecule has 0 spiro atoms. The minimum absolute atomic E-state index is 0.193. The van der Waals surface area contributed by atoms with E-state index in [0.29, 0.717) is 17.3 Å². The molecule has 2 N–H and O–H groups in total. The maximum absolute atomic E-state index is 11.9. The van der Waals surface area contributed by atoms with E-state index < -0.39 is 0 Å². The molecule has 2 aromatic rings. The average molecular weight is 258 g/mol. The Balaban J connectivity index is 1.99. The molecule has 5 heteroatoms. The predicted octanol–water partition coefficient (Wildman–Crippen LogP) is 2.71. The summed E-state index contributed by atoms with van der Waals surface area (Å²) >= 11 is 0. The van der Waals surface area contributed by atoms with Crippen LogP contribution >= 0.6 is 0 Å². The largest absolute Gasteiger partial charge is 0.289 e. The van der Waals surface area contributed by atoms with Gasteiger partial charge in [0.15, 0.2) is 0 Å². The number of H-pyrrole nitrogens is 1. The number of benzene rings is 1. The van der Waals surface area contributed by atoms with Crippen molar-refractivity contribution in [2.24, 2.45) is 0 Å². The van der Waals surface area contributed by atoms with Crippen LogP contribution < -0.4 is 5.32 Å². The molecule has 100 valence electrons. The normalized spacial score (nSPS) is 10.4. The van der Waals surface area contributed by atoms with Crippen molar-refractivity contribution in [3.05, 3.63) is 41.2 Å². The first kappa shape index (κ1) is 13.3. The van der Waals surface area contributed by atoms with Crippen LogP contribution in [0.4, 0.5) is 5.95 Å². The summed E-state index contributed by atoms with van der Waals surface area (Å²) in [6.07, 6.45) is 3.40. The summed E-state index contributed by atoms with van der Waals surface area (Å²) in [4.78, 5) is 16.0. The molecule has 0 radical (unpaired) electrons. The Hall–Kier alpha value is -2.17. The van der Waals surface area contributed by atoms with Crippen LogP contribution in [-0.4, -0.2) is 21.1 Å². The highest BCUT2D eigenvalue weighted by Gasteiger charge is 2.08. The Kier molecular flexibility index (Phi) is 4.28. The summed E-state index contributed by atoms with van der Waals surface area (Å²) in [5.41, 5.74) is 1.87. The van der Waals surface area contributed by atoms with Gasteiger partial charge in [-0.25, -0.2) is 0 Å². The number of hydrogen-bond acceptors (Lipinski definition) is 3. The van der Waals surface area contributed by atoms with Crippen molar-refractivity contribution in [1.82, 2.24) is 15.2 Å². The second-order valence-electron chi connectivity index (χ2n) is 4.50. The van der Waals surface area contributed by atoms with Crippen LogP contribution in [-0.2, 0) is 6.42 Å². The number of aryl methyl sites for hydroxylation is 2. The lowest BCUT2D eigenvalue weighted by Gasteiger charge is -2.03. The van der Waals surface area contributed by atoms with Crippen molar-refractivity contribution in [2.45, 2.75) is 33.1 Å². The van der Waals surface area contributed by atoms with Gasteiger partial charge in [-0.3, -0.25) is 15.2 Å². The first-order valence-corrected chi connectivity index (χ1v) is 6.48. The summed E-state index contributed by atoms with van der Waals surface area (Å²) in [6.45, 7) is 3.95. The highest BCUT2D eigenvalue weighted by Crippen LogP contribution is 2.09. The molecule has 0 saturated heterocycles. The lowest BCUT2D eigenvalue weighted by molar-refractivity contribution is 0.102. The fourth-order valence-corrected chi connectivity index (χ4v) is 1.78. The monoisotopic (exact) mass is 258 g/mol. The Morgan fingerprint density at radius 3 is 2.63 bits per heavy atom. The zero-order valence-corrected chi connectivity index (χ0v) is 11.2. The van der Waals surface area contributed by atoms with Crippen LogP contribution in [0.25, 0.3) is 0 Å². The molecule has 0 fully saturated rings. The minimum atomic E-state index is -0.193. The lowest BCUT2D eigenvalue weighted by atomic mass is 10.1. The highest BCUT2D eigenvalue weighted by molar-refractivity contribution is 6.03.